The van der Waals surface area contributed by atoms with Crippen LogP contribution in [0.25, 0.3) is 0 Å². The molecule has 3 aliphatic heterocycles. The molecule has 1 aliphatic carbocycles. The van der Waals surface area contributed by atoms with Crippen LogP contribution < -0.4 is 0 Å². The monoisotopic (exact) mass is 478 g/mol. The van der Waals surface area contributed by atoms with Gasteiger partial charge in [-0.2, -0.15) is 0 Å². The third-order valence-electron chi connectivity index (χ3n) is 8.25. The number of ether oxygens (including phenoxy) is 5. The zero-order valence-electron chi connectivity index (χ0n) is 21.5. The van der Waals surface area contributed by atoms with Crippen LogP contribution in [0.15, 0.2) is 11.6 Å². The van der Waals surface area contributed by atoms with E-state index < -0.39 is 46.9 Å². The number of fused-ring (bicyclic) bond motifs is 7. The average molecular weight is 479 g/mol. The van der Waals surface area contributed by atoms with Gasteiger partial charge in [-0.05, 0) is 53.9 Å². The van der Waals surface area contributed by atoms with Gasteiger partial charge >= 0.3 is 17.9 Å². The maximum Gasteiger partial charge on any atom is 0.303 e. The summed E-state index contributed by atoms with van der Waals surface area (Å²) in [5.41, 5.74) is -1.22. The van der Waals surface area contributed by atoms with E-state index in [1.807, 2.05) is 27.7 Å². The van der Waals surface area contributed by atoms with Gasteiger partial charge in [0.25, 0.3) is 0 Å². The number of allylic oxidation sites excluding steroid dienone is 1. The van der Waals surface area contributed by atoms with Crippen molar-refractivity contribution in [3.8, 4) is 0 Å². The van der Waals surface area contributed by atoms with Crippen molar-refractivity contribution in [3.05, 3.63) is 11.6 Å². The minimum Gasteiger partial charge on any atom is -0.459 e. The van der Waals surface area contributed by atoms with E-state index in [0.717, 1.165) is 12.8 Å². The number of hydrogen-bond donors (Lipinski definition) is 0. The maximum absolute atomic E-state index is 12.2. The summed E-state index contributed by atoms with van der Waals surface area (Å²) in [5.74, 6) is -1.91. The minimum atomic E-state index is -0.981. The van der Waals surface area contributed by atoms with Crippen LogP contribution in [0, 0.1) is 17.8 Å². The Morgan fingerprint density at radius 2 is 1.74 bits per heavy atom. The first-order valence-electron chi connectivity index (χ1n) is 12.2. The van der Waals surface area contributed by atoms with Crippen molar-refractivity contribution in [2.45, 2.75) is 116 Å². The summed E-state index contributed by atoms with van der Waals surface area (Å²) >= 11 is 0. The summed E-state index contributed by atoms with van der Waals surface area (Å²) in [6.45, 7) is 13.9. The van der Waals surface area contributed by atoms with E-state index in [0.29, 0.717) is 6.42 Å². The van der Waals surface area contributed by atoms with E-state index in [1.54, 1.807) is 0 Å². The highest BCUT2D eigenvalue weighted by atomic mass is 16.7. The summed E-state index contributed by atoms with van der Waals surface area (Å²) in [6, 6.07) is 0. The molecule has 8 nitrogen and oxygen atoms in total. The van der Waals surface area contributed by atoms with Crippen LogP contribution in [-0.4, -0.2) is 59.1 Å². The quantitative estimate of drug-likeness (QED) is 0.262. The first kappa shape index (κ1) is 25.2. The van der Waals surface area contributed by atoms with Crippen LogP contribution in [0.2, 0.25) is 0 Å². The van der Waals surface area contributed by atoms with Gasteiger partial charge in [-0.25, -0.2) is 0 Å². The van der Waals surface area contributed by atoms with Gasteiger partial charge in [-0.1, -0.05) is 11.6 Å². The van der Waals surface area contributed by atoms with Gasteiger partial charge in [0.15, 0.2) is 0 Å². The molecular weight excluding hydrogens is 440 g/mol. The molecule has 0 radical (unpaired) electrons. The fourth-order valence-electron chi connectivity index (χ4n) is 7.21. The van der Waals surface area contributed by atoms with Crippen LogP contribution in [0.4, 0.5) is 0 Å². The molecule has 0 spiro atoms. The highest BCUT2D eigenvalue weighted by Gasteiger charge is 2.78. The number of carbonyl (C=O) groups is 3. The molecule has 190 valence electrons. The lowest BCUT2D eigenvalue weighted by atomic mass is 9.57. The fraction of sp³-hybridized carbons (Fsp3) is 0.808. The third kappa shape index (κ3) is 4.17. The molecule has 4 aliphatic rings. The van der Waals surface area contributed by atoms with E-state index in [1.165, 1.54) is 26.3 Å². The Bertz CT molecular complexity index is 908. The van der Waals surface area contributed by atoms with Crippen molar-refractivity contribution in [2.24, 2.45) is 17.8 Å². The van der Waals surface area contributed by atoms with Gasteiger partial charge in [0.2, 0.25) is 0 Å². The lowest BCUT2D eigenvalue weighted by molar-refractivity contribution is -0.197. The normalized spacial score (nSPS) is 44.7. The van der Waals surface area contributed by atoms with Crippen LogP contribution in [0.3, 0.4) is 0 Å². The number of esters is 3. The molecule has 0 aromatic carbocycles. The topological polar surface area (TPSA) is 101 Å². The van der Waals surface area contributed by atoms with Gasteiger partial charge < -0.3 is 23.7 Å². The second kappa shape index (κ2) is 8.33. The van der Waals surface area contributed by atoms with Gasteiger partial charge in [-0.15, -0.1) is 0 Å². The Kier molecular flexibility index (Phi) is 6.17. The Labute approximate surface area is 201 Å². The van der Waals surface area contributed by atoms with E-state index in [4.69, 9.17) is 23.7 Å². The zero-order valence-corrected chi connectivity index (χ0v) is 21.5. The van der Waals surface area contributed by atoms with Crippen molar-refractivity contribution in [3.63, 3.8) is 0 Å². The standard InChI is InChI=1S/C26H38O8/c1-13-10-9-11-25(7,33-16(4)29)22-18-19(17(12-13)31-22)26(8)23(34-26)21(30-14(2)27)20(18)24(5,6)32-15(3)28/h10,17-23H,9,11-12H2,1-8H3/b13-10+/t17-,18-,19+,20+,21-,22-,23+,25+,26-/m0/s1. The molecule has 3 heterocycles. The summed E-state index contributed by atoms with van der Waals surface area (Å²) in [5, 5.41) is 0. The predicted octanol–water partition coefficient (Wildman–Crippen LogP) is 3.50. The molecule has 9 atom stereocenters. The van der Waals surface area contributed by atoms with Crippen LogP contribution in [0.5, 0.6) is 0 Å². The lowest BCUT2D eigenvalue weighted by Gasteiger charge is -2.50. The van der Waals surface area contributed by atoms with E-state index in [2.05, 4.69) is 13.0 Å². The molecular formula is C26H38O8. The van der Waals surface area contributed by atoms with Gasteiger partial charge in [0.05, 0.1) is 6.10 Å². The molecule has 8 heteroatoms. The van der Waals surface area contributed by atoms with Crippen LogP contribution in [0.1, 0.15) is 74.7 Å². The first-order chi connectivity index (χ1) is 15.7. The molecule has 1 saturated carbocycles. The smallest absolute Gasteiger partial charge is 0.303 e. The molecule has 3 fully saturated rings. The average Bonchev–Trinajstić information content (AvgIpc) is 3.19. The van der Waals surface area contributed by atoms with Crippen molar-refractivity contribution >= 4 is 17.9 Å². The Balaban J connectivity index is 1.88. The molecule has 2 bridgehead atoms. The van der Waals surface area contributed by atoms with E-state index in [-0.39, 0.29) is 30.0 Å². The third-order valence-corrected chi connectivity index (χ3v) is 8.25. The lowest BCUT2D eigenvalue weighted by Crippen LogP contribution is -2.62. The summed E-state index contributed by atoms with van der Waals surface area (Å²) in [4.78, 5) is 36.5. The molecule has 0 aromatic rings. The molecule has 0 unspecified atom stereocenters. The second-order valence-corrected chi connectivity index (χ2v) is 11.4. The van der Waals surface area contributed by atoms with Gasteiger partial charge in [0, 0.05) is 38.5 Å². The molecule has 2 saturated heterocycles. The Morgan fingerprint density at radius 3 is 2.32 bits per heavy atom. The molecule has 34 heavy (non-hydrogen) atoms. The maximum atomic E-state index is 12.2. The van der Waals surface area contributed by atoms with Crippen molar-refractivity contribution in [1.82, 2.24) is 0 Å². The van der Waals surface area contributed by atoms with Gasteiger partial charge in [-0.3, -0.25) is 14.4 Å². The second-order valence-electron chi connectivity index (χ2n) is 11.4. The Hall–Kier alpha value is -1.93. The van der Waals surface area contributed by atoms with Crippen molar-refractivity contribution < 1.29 is 38.1 Å². The minimum absolute atomic E-state index is 0.0505. The van der Waals surface area contributed by atoms with Crippen molar-refractivity contribution in [1.29, 1.82) is 0 Å². The Morgan fingerprint density at radius 1 is 1.06 bits per heavy atom. The van der Waals surface area contributed by atoms with Crippen molar-refractivity contribution in [2.75, 3.05) is 0 Å². The zero-order chi connectivity index (χ0) is 25.2. The molecule has 0 amide bonds. The van der Waals surface area contributed by atoms with E-state index >= 15 is 0 Å². The first-order valence-corrected chi connectivity index (χ1v) is 12.2. The fourth-order valence-corrected chi connectivity index (χ4v) is 7.21. The summed E-state index contributed by atoms with van der Waals surface area (Å²) in [6.07, 6.45) is 2.68. The number of epoxide rings is 1. The number of carbonyl (C=O) groups excluding carboxylic acids is 3. The highest BCUT2D eigenvalue weighted by Crippen LogP contribution is 2.65. The van der Waals surface area contributed by atoms with Gasteiger partial charge in [0.1, 0.15) is 35.1 Å². The van der Waals surface area contributed by atoms with E-state index in [9.17, 15) is 14.4 Å². The molecule has 4 rings (SSSR count). The molecule has 0 aromatic heterocycles. The van der Waals surface area contributed by atoms with Crippen LogP contribution in [-0.2, 0) is 38.1 Å². The highest BCUT2D eigenvalue weighted by molar-refractivity contribution is 5.67. The predicted molar refractivity (Wildman–Crippen MR) is 122 cm³/mol. The largest absolute Gasteiger partial charge is 0.459 e. The van der Waals surface area contributed by atoms with Crippen LogP contribution >= 0.6 is 0 Å². The number of rotatable bonds is 4. The summed E-state index contributed by atoms with van der Waals surface area (Å²) in [7, 11) is 0. The number of hydrogen-bond acceptors (Lipinski definition) is 8. The summed E-state index contributed by atoms with van der Waals surface area (Å²) < 4.78 is 30.8. The molecule has 0 N–H and O–H groups in total. The SMILES string of the molecule is CC(=O)O[C@H]1[C@H](C(C)(C)OC(C)=O)[C@@H]2[C@@H]([C@@H]3C/C(C)=C/CC[C@@](C)(OC(C)=O)[C@H]2O3)[C@]2(C)O[C@H]12.